The third kappa shape index (κ3) is 5.58. The van der Waals surface area contributed by atoms with Crippen LogP contribution in [0.1, 0.15) is 12.0 Å². The third-order valence-electron chi connectivity index (χ3n) is 2.05. The van der Waals surface area contributed by atoms with Crippen LogP contribution in [0.2, 0.25) is 0 Å². The first kappa shape index (κ1) is 16.6. The van der Waals surface area contributed by atoms with E-state index < -0.39 is 21.8 Å². The predicted molar refractivity (Wildman–Crippen MR) is 71.9 cm³/mol. The van der Waals surface area contributed by atoms with Crippen LogP contribution < -0.4 is 4.72 Å². The Labute approximate surface area is 122 Å². The third-order valence-corrected chi connectivity index (χ3v) is 4.14. The highest BCUT2D eigenvalue weighted by Gasteiger charge is 2.31. The second-order valence-electron chi connectivity index (χ2n) is 3.69. The summed E-state index contributed by atoms with van der Waals surface area (Å²) in [7, 11) is -3.70. The zero-order valence-corrected chi connectivity index (χ0v) is 12.6. The van der Waals surface area contributed by atoms with Gasteiger partial charge in [-0.05, 0) is 24.6 Å². The number of alkyl halides is 4. The molecule has 0 heterocycles. The molecule has 19 heavy (non-hydrogen) atoms. The van der Waals surface area contributed by atoms with Gasteiger partial charge in [0.1, 0.15) is 0 Å². The van der Waals surface area contributed by atoms with Gasteiger partial charge in [0.05, 0.1) is 17.0 Å². The monoisotopic (exact) mass is 379 g/mol. The molecule has 0 fully saturated rings. The predicted octanol–water partition coefficient (Wildman–Crippen LogP) is 3.84. The highest BCUT2D eigenvalue weighted by atomic mass is 79.9. The molecular formula is C10H10BrClF3NO2S. The van der Waals surface area contributed by atoms with Gasteiger partial charge in [-0.15, -0.1) is 11.6 Å². The first-order valence-electron chi connectivity index (χ1n) is 5.08. The van der Waals surface area contributed by atoms with E-state index in [-0.39, 0.29) is 28.2 Å². The molecule has 0 aliphatic rings. The zero-order chi connectivity index (χ0) is 14.7. The average molecular weight is 381 g/mol. The topological polar surface area (TPSA) is 46.2 Å². The van der Waals surface area contributed by atoms with Crippen LogP contribution in [0.25, 0.3) is 0 Å². The SMILES string of the molecule is O=S(=O)(CCCCl)Nc1cc(Br)cc(C(F)(F)F)c1. The molecule has 0 aliphatic carbocycles. The van der Waals surface area contributed by atoms with Gasteiger partial charge in [0.25, 0.3) is 0 Å². The largest absolute Gasteiger partial charge is 0.416 e. The number of halogens is 5. The molecule has 1 N–H and O–H groups in total. The highest BCUT2D eigenvalue weighted by molar-refractivity contribution is 9.10. The van der Waals surface area contributed by atoms with Gasteiger partial charge in [-0.3, -0.25) is 4.72 Å². The van der Waals surface area contributed by atoms with Crippen molar-refractivity contribution in [3.63, 3.8) is 0 Å². The molecule has 0 spiro atoms. The van der Waals surface area contributed by atoms with Crippen LogP contribution in [0.5, 0.6) is 0 Å². The van der Waals surface area contributed by atoms with E-state index in [1.54, 1.807) is 0 Å². The smallest absolute Gasteiger partial charge is 0.284 e. The minimum Gasteiger partial charge on any atom is -0.284 e. The first-order chi connectivity index (χ1) is 8.64. The van der Waals surface area contributed by atoms with Crippen LogP contribution in [-0.2, 0) is 16.2 Å². The quantitative estimate of drug-likeness (QED) is 0.789. The molecular weight excluding hydrogens is 371 g/mol. The molecule has 1 aromatic carbocycles. The van der Waals surface area contributed by atoms with Gasteiger partial charge in [-0.1, -0.05) is 15.9 Å². The van der Waals surface area contributed by atoms with Crippen molar-refractivity contribution in [2.75, 3.05) is 16.4 Å². The molecule has 3 nitrogen and oxygen atoms in total. The Morgan fingerprint density at radius 3 is 2.42 bits per heavy atom. The van der Waals surface area contributed by atoms with Crippen LogP contribution in [0, 0.1) is 0 Å². The minimum absolute atomic E-state index is 0.136. The van der Waals surface area contributed by atoms with Crippen LogP contribution in [0.4, 0.5) is 18.9 Å². The van der Waals surface area contributed by atoms with Crippen LogP contribution >= 0.6 is 27.5 Å². The van der Waals surface area contributed by atoms with Crippen molar-refractivity contribution in [1.29, 1.82) is 0 Å². The first-order valence-corrected chi connectivity index (χ1v) is 8.06. The van der Waals surface area contributed by atoms with Crippen molar-refractivity contribution in [1.82, 2.24) is 0 Å². The van der Waals surface area contributed by atoms with Crippen LogP contribution in [0.3, 0.4) is 0 Å². The normalized spacial score (nSPS) is 12.5. The molecule has 0 amide bonds. The summed E-state index contributed by atoms with van der Waals surface area (Å²) >= 11 is 8.28. The van der Waals surface area contributed by atoms with E-state index in [1.165, 1.54) is 6.07 Å². The number of benzene rings is 1. The summed E-state index contributed by atoms with van der Waals surface area (Å²) in [5.41, 5.74) is -1.08. The van der Waals surface area contributed by atoms with Crippen molar-refractivity contribution >= 4 is 43.2 Å². The number of hydrogen-bond donors (Lipinski definition) is 1. The maximum atomic E-state index is 12.6. The summed E-state index contributed by atoms with van der Waals surface area (Å²) in [6, 6.07) is 2.87. The van der Waals surface area contributed by atoms with Crippen molar-refractivity contribution < 1.29 is 21.6 Å². The van der Waals surface area contributed by atoms with Crippen LogP contribution in [0.15, 0.2) is 22.7 Å². The number of hydrogen-bond acceptors (Lipinski definition) is 2. The summed E-state index contributed by atoms with van der Waals surface area (Å²) < 4.78 is 63.1. The van der Waals surface area contributed by atoms with E-state index in [0.29, 0.717) is 0 Å². The van der Waals surface area contributed by atoms with Gasteiger partial charge in [-0.25, -0.2) is 8.42 Å². The number of anilines is 1. The summed E-state index contributed by atoms with van der Waals surface area (Å²) in [4.78, 5) is 0. The lowest BCUT2D eigenvalue weighted by atomic mass is 10.2. The molecule has 0 aliphatic heterocycles. The Hall–Kier alpha value is -0.470. The Kier molecular flexibility index (Phi) is 5.52. The maximum Gasteiger partial charge on any atom is 0.416 e. The molecule has 0 bridgehead atoms. The van der Waals surface area contributed by atoms with Crippen LogP contribution in [-0.4, -0.2) is 20.1 Å². The van der Waals surface area contributed by atoms with E-state index in [0.717, 1.165) is 12.1 Å². The second-order valence-corrected chi connectivity index (χ2v) is 6.83. The summed E-state index contributed by atoms with van der Waals surface area (Å²) in [5, 5.41) is 0. The van der Waals surface area contributed by atoms with E-state index in [9.17, 15) is 21.6 Å². The number of rotatable bonds is 5. The van der Waals surface area contributed by atoms with Crippen molar-refractivity contribution in [3.8, 4) is 0 Å². The molecule has 9 heteroatoms. The fraction of sp³-hybridized carbons (Fsp3) is 0.400. The number of sulfonamides is 1. The lowest BCUT2D eigenvalue weighted by molar-refractivity contribution is -0.137. The minimum atomic E-state index is -4.54. The van der Waals surface area contributed by atoms with Gasteiger partial charge >= 0.3 is 6.18 Å². The van der Waals surface area contributed by atoms with E-state index >= 15 is 0 Å². The van der Waals surface area contributed by atoms with Gasteiger partial charge in [0, 0.05) is 10.4 Å². The van der Waals surface area contributed by atoms with Crippen molar-refractivity contribution in [2.24, 2.45) is 0 Å². The summed E-state index contributed by atoms with van der Waals surface area (Å²) in [6.45, 7) is 0. The Morgan fingerprint density at radius 1 is 1.26 bits per heavy atom. The molecule has 0 radical (unpaired) electrons. The molecule has 0 saturated carbocycles. The van der Waals surface area contributed by atoms with Gasteiger partial charge in [0.15, 0.2) is 0 Å². The Morgan fingerprint density at radius 2 is 1.89 bits per heavy atom. The van der Waals surface area contributed by atoms with E-state index in [1.807, 2.05) is 0 Å². The summed E-state index contributed by atoms with van der Waals surface area (Å²) in [5.74, 6) is -0.0858. The van der Waals surface area contributed by atoms with Gasteiger partial charge < -0.3 is 0 Å². The lowest BCUT2D eigenvalue weighted by Gasteiger charge is -2.12. The molecule has 1 aromatic rings. The Balaban J connectivity index is 2.99. The summed E-state index contributed by atoms with van der Waals surface area (Å²) in [6.07, 6.45) is -4.32. The fourth-order valence-electron chi connectivity index (χ4n) is 1.29. The molecule has 108 valence electrons. The fourth-order valence-corrected chi connectivity index (χ4v) is 3.18. The van der Waals surface area contributed by atoms with Crippen molar-refractivity contribution in [3.05, 3.63) is 28.2 Å². The van der Waals surface area contributed by atoms with Gasteiger partial charge in [-0.2, -0.15) is 13.2 Å². The molecule has 0 aromatic heterocycles. The molecule has 0 unspecified atom stereocenters. The zero-order valence-electron chi connectivity index (χ0n) is 9.47. The second kappa shape index (κ2) is 6.32. The standard InChI is InChI=1S/C10H10BrClF3NO2S/c11-8-4-7(10(13,14)15)5-9(6-8)16-19(17,18)3-1-2-12/h4-6,16H,1-3H2. The van der Waals surface area contributed by atoms with Gasteiger partial charge in [0.2, 0.25) is 10.0 Å². The van der Waals surface area contributed by atoms with Crippen molar-refractivity contribution in [2.45, 2.75) is 12.6 Å². The number of nitrogens with one attached hydrogen (secondary N) is 1. The van der Waals surface area contributed by atoms with E-state index in [4.69, 9.17) is 11.6 Å². The maximum absolute atomic E-state index is 12.6. The molecule has 0 saturated heterocycles. The highest BCUT2D eigenvalue weighted by Crippen LogP contribution is 2.33. The molecule has 1 rings (SSSR count). The Bertz CT molecular complexity index is 548. The lowest BCUT2D eigenvalue weighted by Crippen LogP contribution is -2.17. The average Bonchev–Trinajstić information content (AvgIpc) is 2.23. The molecule has 0 atom stereocenters. The van der Waals surface area contributed by atoms with E-state index in [2.05, 4.69) is 20.7 Å².